The van der Waals surface area contributed by atoms with Crippen LogP contribution < -0.4 is 0 Å². The van der Waals surface area contributed by atoms with Crippen molar-refractivity contribution in [2.75, 3.05) is 0 Å². The summed E-state index contributed by atoms with van der Waals surface area (Å²) in [6.07, 6.45) is 0.807. The summed E-state index contributed by atoms with van der Waals surface area (Å²) in [7, 11) is 0. The number of hydrogen-bond donors (Lipinski definition) is 1. The Labute approximate surface area is 89.2 Å². The molecular formula is C13H13NO. The summed E-state index contributed by atoms with van der Waals surface area (Å²) in [5, 5.41) is 9.35. The molecule has 1 aromatic carbocycles. The summed E-state index contributed by atoms with van der Waals surface area (Å²) in [5.74, 6) is 0.256. The van der Waals surface area contributed by atoms with Crippen LogP contribution in [0.15, 0.2) is 42.5 Å². The van der Waals surface area contributed by atoms with E-state index in [9.17, 15) is 5.11 Å². The molecule has 2 rings (SSSR count). The van der Waals surface area contributed by atoms with Gasteiger partial charge in [0.15, 0.2) is 0 Å². The van der Waals surface area contributed by atoms with Gasteiger partial charge in [-0.1, -0.05) is 30.3 Å². The topological polar surface area (TPSA) is 33.1 Å². The molecule has 0 bridgehead atoms. The highest BCUT2D eigenvalue weighted by molar-refractivity contribution is 5.29. The summed E-state index contributed by atoms with van der Waals surface area (Å²) < 4.78 is 0. The summed E-state index contributed by atoms with van der Waals surface area (Å²) in [6, 6.07) is 13.7. The second-order valence-corrected chi connectivity index (χ2v) is 3.57. The zero-order chi connectivity index (χ0) is 10.7. The van der Waals surface area contributed by atoms with Crippen molar-refractivity contribution in [3.05, 3.63) is 59.4 Å². The van der Waals surface area contributed by atoms with Crippen molar-refractivity contribution in [3.8, 4) is 5.75 Å². The van der Waals surface area contributed by atoms with Crippen molar-refractivity contribution < 1.29 is 5.11 Å². The average Bonchev–Trinajstić information content (AvgIpc) is 2.25. The predicted molar refractivity (Wildman–Crippen MR) is 59.9 cm³/mol. The maximum atomic E-state index is 9.35. The molecule has 0 saturated carbocycles. The SMILES string of the molecule is Cc1nc(Cc2ccccc2)ccc1O. The number of pyridine rings is 1. The fourth-order valence-electron chi connectivity index (χ4n) is 1.51. The molecule has 15 heavy (non-hydrogen) atoms. The lowest BCUT2D eigenvalue weighted by Gasteiger charge is -2.03. The highest BCUT2D eigenvalue weighted by Gasteiger charge is 2.00. The van der Waals surface area contributed by atoms with Crippen LogP contribution in [0.3, 0.4) is 0 Å². The Morgan fingerprint density at radius 2 is 1.80 bits per heavy atom. The standard InChI is InChI=1S/C13H13NO/c1-10-13(15)8-7-12(14-10)9-11-5-3-2-4-6-11/h2-8,15H,9H2,1H3. The fourth-order valence-corrected chi connectivity index (χ4v) is 1.51. The zero-order valence-corrected chi connectivity index (χ0v) is 8.64. The van der Waals surface area contributed by atoms with Gasteiger partial charge in [-0.05, 0) is 24.6 Å². The van der Waals surface area contributed by atoms with E-state index in [0.717, 1.165) is 12.1 Å². The first kappa shape index (κ1) is 9.71. The molecule has 0 spiro atoms. The second-order valence-electron chi connectivity index (χ2n) is 3.57. The minimum atomic E-state index is 0.256. The highest BCUT2D eigenvalue weighted by Crippen LogP contribution is 2.15. The quantitative estimate of drug-likeness (QED) is 0.806. The Morgan fingerprint density at radius 1 is 1.07 bits per heavy atom. The molecule has 0 aliphatic rings. The maximum absolute atomic E-state index is 9.35. The predicted octanol–water partition coefficient (Wildman–Crippen LogP) is 2.69. The lowest BCUT2D eigenvalue weighted by molar-refractivity contribution is 0.467. The molecule has 1 heterocycles. The summed E-state index contributed by atoms with van der Waals surface area (Å²) in [5.41, 5.74) is 2.90. The van der Waals surface area contributed by atoms with Crippen LogP contribution in [0.4, 0.5) is 0 Å². The first-order valence-electron chi connectivity index (χ1n) is 4.95. The molecule has 0 radical (unpaired) electrons. The molecular weight excluding hydrogens is 186 g/mol. The number of aryl methyl sites for hydroxylation is 1. The van der Waals surface area contributed by atoms with Gasteiger partial charge >= 0.3 is 0 Å². The Kier molecular flexibility index (Phi) is 2.68. The molecule has 2 aromatic rings. The summed E-state index contributed by atoms with van der Waals surface area (Å²) in [4.78, 5) is 4.32. The van der Waals surface area contributed by atoms with Crippen molar-refractivity contribution in [1.29, 1.82) is 0 Å². The lowest BCUT2D eigenvalue weighted by Crippen LogP contribution is -1.93. The molecule has 0 aliphatic carbocycles. The lowest BCUT2D eigenvalue weighted by atomic mass is 10.1. The molecule has 2 heteroatoms. The van der Waals surface area contributed by atoms with Gasteiger partial charge in [0.05, 0.1) is 5.69 Å². The molecule has 2 nitrogen and oxygen atoms in total. The first-order valence-corrected chi connectivity index (χ1v) is 4.95. The normalized spacial score (nSPS) is 10.2. The van der Waals surface area contributed by atoms with E-state index in [2.05, 4.69) is 17.1 Å². The number of nitrogens with zero attached hydrogens (tertiary/aromatic N) is 1. The third kappa shape index (κ3) is 2.34. The average molecular weight is 199 g/mol. The third-order valence-corrected chi connectivity index (χ3v) is 2.34. The van der Waals surface area contributed by atoms with E-state index >= 15 is 0 Å². The van der Waals surface area contributed by atoms with Crippen molar-refractivity contribution in [2.24, 2.45) is 0 Å². The molecule has 0 aliphatic heterocycles. The van der Waals surface area contributed by atoms with E-state index < -0.39 is 0 Å². The van der Waals surface area contributed by atoms with Gasteiger partial charge in [-0.2, -0.15) is 0 Å². The number of benzene rings is 1. The second kappa shape index (κ2) is 4.13. The first-order chi connectivity index (χ1) is 7.25. The van der Waals surface area contributed by atoms with Crippen LogP contribution in [0.2, 0.25) is 0 Å². The number of aromatic hydroxyl groups is 1. The van der Waals surface area contributed by atoms with Gasteiger partial charge in [-0.3, -0.25) is 4.98 Å². The minimum Gasteiger partial charge on any atom is -0.506 e. The molecule has 0 amide bonds. The van der Waals surface area contributed by atoms with E-state index in [1.165, 1.54) is 5.56 Å². The molecule has 1 N–H and O–H groups in total. The highest BCUT2D eigenvalue weighted by atomic mass is 16.3. The van der Waals surface area contributed by atoms with Gasteiger partial charge in [0.25, 0.3) is 0 Å². The number of rotatable bonds is 2. The summed E-state index contributed by atoms with van der Waals surface area (Å²) in [6.45, 7) is 1.81. The van der Waals surface area contributed by atoms with Crippen molar-refractivity contribution >= 4 is 0 Å². The molecule has 1 aromatic heterocycles. The van der Waals surface area contributed by atoms with Gasteiger partial charge < -0.3 is 5.11 Å². The van der Waals surface area contributed by atoms with Crippen LogP contribution in [0.1, 0.15) is 17.0 Å². The largest absolute Gasteiger partial charge is 0.506 e. The molecule has 0 fully saturated rings. The van der Waals surface area contributed by atoms with E-state index in [4.69, 9.17) is 0 Å². The minimum absolute atomic E-state index is 0.256. The fraction of sp³-hybridized carbons (Fsp3) is 0.154. The van der Waals surface area contributed by atoms with Crippen LogP contribution in [0.5, 0.6) is 5.75 Å². The van der Waals surface area contributed by atoms with Gasteiger partial charge in [-0.25, -0.2) is 0 Å². The smallest absolute Gasteiger partial charge is 0.136 e. The van der Waals surface area contributed by atoms with Crippen LogP contribution in [0, 0.1) is 6.92 Å². The molecule has 0 unspecified atom stereocenters. The monoisotopic (exact) mass is 199 g/mol. The van der Waals surface area contributed by atoms with Crippen molar-refractivity contribution in [2.45, 2.75) is 13.3 Å². The maximum Gasteiger partial charge on any atom is 0.136 e. The Balaban J connectivity index is 2.22. The van der Waals surface area contributed by atoms with Crippen LogP contribution >= 0.6 is 0 Å². The Morgan fingerprint density at radius 3 is 2.47 bits per heavy atom. The molecule has 76 valence electrons. The van der Waals surface area contributed by atoms with Crippen LogP contribution in [0.25, 0.3) is 0 Å². The van der Waals surface area contributed by atoms with Gasteiger partial charge in [0, 0.05) is 12.1 Å². The Hall–Kier alpha value is -1.83. The van der Waals surface area contributed by atoms with E-state index in [-0.39, 0.29) is 5.75 Å². The van der Waals surface area contributed by atoms with Gasteiger partial charge in [0.2, 0.25) is 0 Å². The molecule has 0 atom stereocenters. The third-order valence-electron chi connectivity index (χ3n) is 2.34. The van der Waals surface area contributed by atoms with Gasteiger partial charge in [-0.15, -0.1) is 0 Å². The van der Waals surface area contributed by atoms with Crippen molar-refractivity contribution in [3.63, 3.8) is 0 Å². The van der Waals surface area contributed by atoms with E-state index in [1.807, 2.05) is 31.2 Å². The Bertz CT molecular complexity index is 451. The molecule has 0 saturated heterocycles. The summed E-state index contributed by atoms with van der Waals surface area (Å²) >= 11 is 0. The van der Waals surface area contributed by atoms with E-state index in [1.54, 1.807) is 6.07 Å². The zero-order valence-electron chi connectivity index (χ0n) is 8.64. The van der Waals surface area contributed by atoms with Crippen LogP contribution in [-0.4, -0.2) is 10.1 Å². The number of aromatic nitrogens is 1. The van der Waals surface area contributed by atoms with Crippen LogP contribution in [-0.2, 0) is 6.42 Å². The van der Waals surface area contributed by atoms with Gasteiger partial charge in [0.1, 0.15) is 5.75 Å². The number of hydrogen-bond acceptors (Lipinski definition) is 2. The van der Waals surface area contributed by atoms with E-state index in [0.29, 0.717) is 5.69 Å². The van der Waals surface area contributed by atoms with Crippen molar-refractivity contribution in [1.82, 2.24) is 4.98 Å².